The van der Waals surface area contributed by atoms with Crippen molar-refractivity contribution in [3.63, 3.8) is 0 Å². The molecule has 0 unspecified atom stereocenters. The van der Waals surface area contributed by atoms with Gasteiger partial charge in [0, 0.05) is 121 Å². The van der Waals surface area contributed by atoms with Gasteiger partial charge in [-0.1, -0.05) is 91.3 Å². The fourth-order valence-electron chi connectivity index (χ4n) is 14.1. The van der Waals surface area contributed by atoms with Gasteiger partial charge in [0.05, 0.1) is 29.5 Å². The van der Waals surface area contributed by atoms with E-state index >= 15 is 0 Å². The number of likely N-dealkylation sites (tertiary alicyclic amines) is 2. The number of carbonyl (C=O) groups is 5. The zero-order valence-corrected chi connectivity index (χ0v) is 59.0. The lowest BCUT2D eigenvalue weighted by Gasteiger charge is -2.44. The van der Waals surface area contributed by atoms with Crippen molar-refractivity contribution in [2.45, 2.75) is 99.7 Å². The van der Waals surface area contributed by atoms with Gasteiger partial charge in [0.1, 0.15) is 24.8 Å². The number of para-hydroxylation sites is 1. The Morgan fingerprint density at radius 2 is 1.23 bits per heavy atom. The Balaban J connectivity index is 0.00000468. The smallest absolute Gasteiger partial charge is 0.416 e. The van der Waals surface area contributed by atoms with Gasteiger partial charge in [-0.25, -0.2) is 9.18 Å². The summed E-state index contributed by atoms with van der Waals surface area (Å²) in [4.78, 5) is 81.1. The molecule has 542 valence electrons. The molecule has 3 fully saturated rings. The van der Waals surface area contributed by atoms with Gasteiger partial charge in [0.15, 0.2) is 0 Å². The third-order valence-electron chi connectivity index (χ3n) is 20.0. The second-order valence-corrected chi connectivity index (χ2v) is 26.2. The molecule has 1 aliphatic carbocycles. The number of anilines is 2. The summed E-state index contributed by atoms with van der Waals surface area (Å²) in [5, 5.41) is 10.4. The van der Waals surface area contributed by atoms with Crippen molar-refractivity contribution in [1.29, 1.82) is 0 Å². The Kier molecular flexibility index (Phi) is 27.9. The first kappa shape index (κ1) is 79.8. The standard InChI is InChI=1S/C74H85F7N8O8.3ClH/c1-82(35-14-6-9-21-66(90)83(2)43-44-86-36-30-61(31-37-86)89(70(94)95)64-20-13-11-18-62(64)52-15-7-5-8-16-52)60-28-22-53(23-29-60)68(92)85(4)42-41-84(3)67(91)49-96-65-47-54-17-10-12-19-63(54)71(65)32-38-87(39-33-71)40-34-72(56-24-26-59(75)27-25-56)50-88(51-97-72)69(93)55-45-57(73(76,77)78)48-58(46-55)74(79,80)81;;;/h5,7-8,10-13,15-20,22-29,45-46,48,61,65H,6,9,14,21,30-44,47,49-51H2,1-4H3,(H,94,95);3*1H/t65-,72-;;;/m0.../s1. The van der Waals surface area contributed by atoms with Crippen molar-refractivity contribution in [2.24, 2.45) is 0 Å². The van der Waals surface area contributed by atoms with E-state index in [1.54, 1.807) is 40.9 Å². The fourth-order valence-corrected chi connectivity index (χ4v) is 14.1. The number of piperidine rings is 2. The third-order valence-corrected chi connectivity index (χ3v) is 20.0. The molecular weight excluding hydrogens is 1370 g/mol. The molecular formula is C74H88Cl3F7N8O8. The first-order chi connectivity index (χ1) is 46.3. The lowest BCUT2D eigenvalue weighted by Crippen LogP contribution is -2.50. The normalized spacial score (nSPS) is 17.7. The molecule has 100 heavy (non-hydrogen) atoms. The Bertz CT molecular complexity index is 3680. The van der Waals surface area contributed by atoms with E-state index in [-0.39, 0.29) is 106 Å². The fraction of sp³-hybridized carbons (Fsp3) is 0.446. The number of hydrogen-bond acceptors (Lipinski definition) is 10. The van der Waals surface area contributed by atoms with E-state index in [9.17, 15) is 59.8 Å². The van der Waals surface area contributed by atoms with Crippen LogP contribution in [0.4, 0.5) is 46.9 Å². The molecule has 2 atom stereocenters. The van der Waals surface area contributed by atoms with Gasteiger partial charge >= 0.3 is 18.4 Å². The molecule has 1 spiro atoms. The minimum Gasteiger partial charge on any atom is -0.465 e. The van der Waals surface area contributed by atoms with Gasteiger partial charge in [-0.05, 0) is 147 Å². The first-order valence-electron chi connectivity index (χ1n) is 33.2. The van der Waals surface area contributed by atoms with Crippen LogP contribution in [0.1, 0.15) is 106 Å². The average Bonchev–Trinajstić information content (AvgIpc) is 1.59. The minimum absolute atomic E-state index is 0. The molecule has 0 radical (unpaired) electrons. The highest BCUT2D eigenvalue weighted by molar-refractivity contribution is 5.96. The molecule has 0 saturated carbocycles. The van der Waals surface area contributed by atoms with Crippen molar-refractivity contribution in [1.82, 2.24) is 29.4 Å². The van der Waals surface area contributed by atoms with Crippen LogP contribution in [0.5, 0.6) is 0 Å². The molecule has 26 heteroatoms. The van der Waals surface area contributed by atoms with Crippen molar-refractivity contribution < 1.29 is 69.3 Å². The summed E-state index contributed by atoms with van der Waals surface area (Å²) >= 11 is 0. The van der Waals surface area contributed by atoms with Crippen LogP contribution in [0.2, 0.25) is 0 Å². The van der Waals surface area contributed by atoms with E-state index in [1.165, 1.54) is 29.2 Å². The number of amides is 5. The van der Waals surface area contributed by atoms with E-state index in [4.69, 9.17) is 9.47 Å². The van der Waals surface area contributed by atoms with Gasteiger partial charge in [-0.2, -0.15) is 26.3 Å². The van der Waals surface area contributed by atoms with Crippen LogP contribution in [-0.2, 0) is 48.9 Å². The second-order valence-electron chi connectivity index (χ2n) is 26.2. The number of alkyl halides is 6. The number of hydrogen-bond donors (Lipinski definition) is 1. The topological polar surface area (TPSA) is 150 Å². The average molecular weight is 1460 g/mol. The number of carboxylic acid groups (broad SMARTS) is 1. The maximum Gasteiger partial charge on any atom is 0.416 e. The Morgan fingerprint density at radius 3 is 1.88 bits per heavy atom. The number of benzene rings is 6. The highest BCUT2D eigenvalue weighted by atomic mass is 35.5. The van der Waals surface area contributed by atoms with Gasteiger partial charge in [-0.15, -0.1) is 37.2 Å². The zero-order chi connectivity index (χ0) is 69.2. The molecule has 6 aromatic carbocycles. The Morgan fingerprint density at radius 1 is 0.630 bits per heavy atom. The van der Waals surface area contributed by atoms with Crippen molar-refractivity contribution in [3.8, 4) is 11.1 Å². The molecule has 0 aromatic heterocycles. The Labute approximate surface area is 598 Å². The highest BCUT2D eigenvalue weighted by Gasteiger charge is 2.50. The molecule has 4 aliphatic rings. The van der Waals surface area contributed by atoms with Gasteiger partial charge in [0.2, 0.25) is 11.8 Å². The molecule has 3 aliphatic heterocycles. The van der Waals surface area contributed by atoms with Gasteiger partial charge in [-0.3, -0.25) is 24.1 Å². The summed E-state index contributed by atoms with van der Waals surface area (Å²) in [6.45, 7) is 4.87. The van der Waals surface area contributed by atoms with Crippen LogP contribution in [-0.4, -0.2) is 190 Å². The van der Waals surface area contributed by atoms with Gasteiger partial charge in [0.25, 0.3) is 11.8 Å². The quantitative estimate of drug-likeness (QED) is 0.0431. The molecule has 6 aromatic rings. The number of likely N-dealkylation sites (N-methyl/N-ethyl adjacent to an activating group) is 3. The van der Waals surface area contributed by atoms with E-state index in [1.807, 2.05) is 93.0 Å². The van der Waals surface area contributed by atoms with E-state index in [2.05, 4.69) is 26.8 Å². The third kappa shape index (κ3) is 19.2. The van der Waals surface area contributed by atoms with E-state index in [0.717, 1.165) is 78.3 Å². The molecule has 3 saturated heterocycles. The summed E-state index contributed by atoms with van der Waals surface area (Å²) in [5.41, 5.74) is 1.06. The number of ether oxygens (including phenoxy) is 2. The summed E-state index contributed by atoms with van der Waals surface area (Å²) in [7, 11) is 7.22. The number of carbonyl (C=O) groups excluding carboxylic acids is 4. The van der Waals surface area contributed by atoms with Crippen LogP contribution in [0.15, 0.2) is 146 Å². The van der Waals surface area contributed by atoms with E-state index < -0.39 is 64.6 Å². The maximum absolute atomic E-state index is 14.3. The molecule has 10 rings (SSSR count). The predicted octanol–water partition coefficient (Wildman–Crippen LogP) is 13.8. The summed E-state index contributed by atoms with van der Waals surface area (Å²) in [6.07, 6.45) is -5.06. The number of nitrogens with zero attached hydrogens (tertiary/aromatic N) is 8. The van der Waals surface area contributed by atoms with Crippen molar-refractivity contribution in [3.05, 3.63) is 190 Å². The molecule has 16 nitrogen and oxygen atoms in total. The highest BCUT2D eigenvalue weighted by Crippen LogP contribution is 2.49. The lowest BCUT2D eigenvalue weighted by atomic mass is 9.72. The lowest BCUT2D eigenvalue weighted by molar-refractivity contribution is -0.143. The summed E-state index contributed by atoms with van der Waals surface area (Å²) < 4.78 is 110. The first-order valence-corrected chi connectivity index (χ1v) is 33.2. The largest absolute Gasteiger partial charge is 0.465 e. The molecule has 0 bridgehead atoms. The molecule has 3 heterocycles. The van der Waals surface area contributed by atoms with Crippen LogP contribution in [0, 0.1) is 5.82 Å². The van der Waals surface area contributed by atoms with Crippen molar-refractivity contribution in [2.75, 3.05) is 123 Å². The van der Waals surface area contributed by atoms with Crippen LogP contribution in [0.25, 0.3) is 11.1 Å². The summed E-state index contributed by atoms with van der Waals surface area (Å²) in [5.74, 6) is -1.94. The maximum atomic E-state index is 14.3. The number of halogens is 10. The van der Waals surface area contributed by atoms with E-state index in [0.29, 0.717) is 93.7 Å². The van der Waals surface area contributed by atoms with Gasteiger partial charge < -0.3 is 48.9 Å². The Hall–Kier alpha value is -7.51. The molecule has 5 amide bonds. The second kappa shape index (κ2) is 34.9. The van der Waals surface area contributed by atoms with Crippen LogP contribution >= 0.6 is 37.2 Å². The number of unbranched alkanes of at least 4 members (excludes halogenated alkanes) is 2. The van der Waals surface area contributed by atoms with Crippen LogP contribution < -0.4 is 9.80 Å². The monoisotopic (exact) mass is 1450 g/mol. The number of rotatable bonds is 25. The van der Waals surface area contributed by atoms with Crippen molar-refractivity contribution >= 4 is 78.3 Å². The SMILES string of the molecule is CN(CCN1CCC(N(C(=O)O)c2ccccc2-c2ccccc2)CC1)C(=O)CCCCCN(C)c1ccc(C(=O)N(C)CCN(C)C(=O)CO[C@H]2Cc3ccccc3C23CCN(CC[C@@]2(c4ccc(F)cc4)CN(C(=O)c4cc(C(F)(F)F)cc(C(F)(F)F)c4)CO2)CC3)cc1.Cl.Cl.Cl. The number of fused-ring (bicyclic) bond motifs is 2. The predicted molar refractivity (Wildman–Crippen MR) is 377 cm³/mol. The summed E-state index contributed by atoms with van der Waals surface area (Å²) in [6, 6.07) is 39.1. The minimum atomic E-state index is -5.15. The zero-order valence-electron chi connectivity index (χ0n) is 56.5. The van der Waals surface area contributed by atoms with Crippen LogP contribution in [0.3, 0.4) is 0 Å². The molecule has 1 N–H and O–H groups in total.